The summed E-state index contributed by atoms with van der Waals surface area (Å²) in [7, 11) is 0. The highest BCUT2D eigenvalue weighted by Gasteiger charge is 2.44. The lowest BCUT2D eigenvalue weighted by Gasteiger charge is -2.29. The van der Waals surface area contributed by atoms with Crippen LogP contribution < -0.4 is 0 Å². The smallest absolute Gasteiger partial charge is 0.0541 e. The molecule has 2 aliphatic rings. The van der Waals surface area contributed by atoms with Crippen molar-refractivity contribution in [3.63, 3.8) is 0 Å². The van der Waals surface area contributed by atoms with E-state index < -0.39 is 0 Å². The van der Waals surface area contributed by atoms with Crippen LogP contribution >= 0.6 is 0 Å². The Bertz CT molecular complexity index is 2640. The zero-order valence-electron chi connectivity index (χ0n) is 32.6. The Hall–Kier alpha value is -6.18. The molecule has 7 aromatic carbocycles. The Kier molecular flexibility index (Phi) is 9.96. The Morgan fingerprint density at radius 2 is 1.02 bits per heavy atom. The summed E-state index contributed by atoms with van der Waals surface area (Å²) in [6, 6.07) is 60.7. The first-order chi connectivity index (χ1) is 26.8. The van der Waals surface area contributed by atoms with E-state index in [1.54, 1.807) is 5.56 Å². The quantitative estimate of drug-likeness (QED) is 0.172. The van der Waals surface area contributed by atoms with Crippen molar-refractivity contribution in [3.8, 4) is 27.9 Å². The highest BCUT2D eigenvalue weighted by molar-refractivity contribution is 6.10. The average Bonchev–Trinajstić information content (AvgIpc) is 3.67. The second-order valence-electron chi connectivity index (χ2n) is 15.7. The molecule has 2 atom stereocenters. The second kappa shape index (κ2) is 15.3. The van der Waals surface area contributed by atoms with Gasteiger partial charge < -0.3 is 4.57 Å². The largest absolute Gasteiger partial charge is 0.309 e. The third kappa shape index (κ3) is 7.23. The molecule has 1 heteroatoms. The summed E-state index contributed by atoms with van der Waals surface area (Å²) >= 11 is 0. The number of hydrogen-bond donors (Lipinski definition) is 0. The lowest BCUT2D eigenvalue weighted by molar-refractivity contribution is 0.394. The van der Waals surface area contributed by atoms with E-state index in [9.17, 15) is 0 Å². The SMILES string of the molecule is Cc1ccc(-c2ccccc2)cc1.Cc1ccc2c(c1)C(C)(C)C1C=CC=CC21.Cc1cccc(-c2ccc3c(c2)c2ccccc2n3-c2ccccc2)c1. The lowest BCUT2D eigenvalue weighted by Crippen LogP contribution is -2.24. The monoisotopic (exact) mass is 711 g/mol. The number of para-hydroxylation sites is 2. The highest BCUT2D eigenvalue weighted by Crippen LogP contribution is 2.52. The van der Waals surface area contributed by atoms with Gasteiger partial charge in [-0.1, -0.05) is 194 Å². The molecule has 0 spiro atoms. The number of benzene rings is 7. The number of aryl methyl sites for hydroxylation is 3. The number of allylic oxidation sites excluding steroid dienone is 4. The summed E-state index contributed by atoms with van der Waals surface area (Å²) in [5, 5.41) is 2.59. The van der Waals surface area contributed by atoms with Crippen LogP contribution in [0.25, 0.3) is 49.7 Å². The Morgan fingerprint density at radius 1 is 0.436 bits per heavy atom. The lowest BCUT2D eigenvalue weighted by atomic mass is 9.74. The van der Waals surface area contributed by atoms with E-state index in [0.717, 1.165) is 0 Å². The minimum atomic E-state index is 0.271. The molecule has 0 aliphatic heterocycles. The predicted molar refractivity (Wildman–Crippen MR) is 236 cm³/mol. The number of rotatable bonds is 3. The Balaban J connectivity index is 0.000000126. The first-order valence-corrected chi connectivity index (χ1v) is 19.5. The van der Waals surface area contributed by atoms with Crippen molar-refractivity contribution >= 4 is 21.8 Å². The van der Waals surface area contributed by atoms with Gasteiger partial charge in [0, 0.05) is 22.4 Å². The Morgan fingerprint density at radius 3 is 1.78 bits per heavy atom. The van der Waals surface area contributed by atoms with Crippen LogP contribution in [0, 0.1) is 26.7 Å². The normalized spacial score (nSPS) is 16.1. The van der Waals surface area contributed by atoms with Gasteiger partial charge in [0.15, 0.2) is 0 Å². The van der Waals surface area contributed by atoms with Crippen LogP contribution in [-0.4, -0.2) is 4.57 Å². The molecular weight excluding hydrogens is 663 g/mol. The average molecular weight is 712 g/mol. The molecule has 270 valence electrons. The first-order valence-electron chi connectivity index (χ1n) is 19.5. The van der Waals surface area contributed by atoms with E-state index >= 15 is 0 Å². The van der Waals surface area contributed by atoms with Gasteiger partial charge >= 0.3 is 0 Å². The molecule has 2 aliphatic carbocycles. The topological polar surface area (TPSA) is 4.93 Å². The van der Waals surface area contributed by atoms with Crippen LogP contribution in [0.1, 0.15) is 47.6 Å². The maximum atomic E-state index is 2.38. The molecule has 0 bridgehead atoms. The molecular formula is C54H49N. The van der Waals surface area contributed by atoms with Crippen LogP contribution in [-0.2, 0) is 5.41 Å². The molecule has 0 fully saturated rings. The van der Waals surface area contributed by atoms with Crippen molar-refractivity contribution in [2.24, 2.45) is 5.92 Å². The van der Waals surface area contributed by atoms with Gasteiger partial charge in [0.1, 0.15) is 0 Å². The zero-order valence-corrected chi connectivity index (χ0v) is 32.6. The summed E-state index contributed by atoms with van der Waals surface area (Å²) in [5.41, 5.74) is 16.1. The van der Waals surface area contributed by atoms with Crippen LogP contribution in [0.15, 0.2) is 194 Å². The van der Waals surface area contributed by atoms with Gasteiger partial charge in [0.2, 0.25) is 0 Å². The summed E-state index contributed by atoms with van der Waals surface area (Å²) in [4.78, 5) is 0. The van der Waals surface area contributed by atoms with Crippen molar-refractivity contribution in [1.29, 1.82) is 0 Å². The number of nitrogens with zero attached hydrogens (tertiary/aromatic N) is 1. The van der Waals surface area contributed by atoms with E-state index in [-0.39, 0.29) is 5.41 Å². The number of fused-ring (bicyclic) bond motifs is 6. The molecule has 0 saturated carbocycles. The third-order valence-corrected chi connectivity index (χ3v) is 11.4. The van der Waals surface area contributed by atoms with E-state index in [0.29, 0.717) is 11.8 Å². The van der Waals surface area contributed by atoms with E-state index in [1.807, 2.05) is 6.07 Å². The van der Waals surface area contributed by atoms with Crippen LogP contribution in [0.2, 0.25) is 0 Å². The summed E-state index contributed by atoms with van der Waals surface area (Å²) in [6.45, 7) is 11.2. The second-order valence-corrected chi connectivity index (χ2v) is 15.7. The van der Waals surface area contributed by atoms with Crippen LogP contribution in [0.4, 0.5) is 0 Å². The fraction of sp³-hybridized carbons (Fsp3) is 0.148. The van der Waals surface area contributed by atoms with Gasteiger partial charge in [0.25, 0.3) is 0 Å². The van der Waals surface area contributed by atoms with Crippen molar-refractivity contribution in [3.05, 3.63) is 222 Å². The molecule has 0 saturated heterocycles. The summed E-state index contributed by atoms with van der Waals surface area (Å²) < 4.78 is 2.35. The summed E-state index contributed by atoms with van der Waals surface area (Å²) in [5.74, 6) is 1.23. The van der Waals surface area contributed by atoms with Gasteiger partial charge in [-0.05, 0) is 95.8 Å². The van der Waals surface area contributed by atoms with E-state index in [1.165, 1.54) is 72.0 Å². The van der Waals surface area contributed by atoms with E-state index in [2.05, 4.69) is 227 Å². The molecule has 1 nitrogen and oxygen atoms in total. The van der Waals surface area contributed by atoms with Crippen LogP contribution in [0.3, 0.4) is 0 Å². The van der Waals surface area contributed by atoms with Gasteiger partial charge in [-0.25, -0.2) is 0 Å². The van der Waals surface area contributed by atoms with Crippen molar-refractivity contribution in [2.75, 3.05) is 0 Å². The van der Waals surface area contributed by atoms with Gasteiger partial charge in [0.05, 0.1) is 11.0 Å². The molecule has 0 N–H and O–H groups in total. The van der Waals surface area contributed by atoms with E-state index in [4.69, 9.17) is 0 Å². The van der Waals surface area contributed by atoms with Crippen molar-refractivity contribution in [2.45, 2.75) is 46.0 Å². The standard InChI is InChI=1S/C25H19N.C16H18.C13H12/c1-18-8-7-9-19(16-18)20-14-15-25-23(17-20)22-12-5-6-13-24(22)26(25)21-10-3-2-4-11-21;1-11-8-9-13-12-6-4-5-7-14(12)16(2,3)15(13)10-11;1-11-7-9-13(10-8-11)12-5-3-2-4-6-12/h2-17H,1H3;4-10,12,14H,1-3H3;2-10H,1H3. The third-order valence-electron chi connectivity index (χ3n) is 11.4. The minimum Gasteiger partial charge on any atom is -0.309 e. The number of hydrogen-bond acceptors (Lipinski definition) is 0. The molecule has 1 heterocycles. The van der Waals surface area contributed by atoms with Gasteiger partial charge in [-0.2, -0.15) is 0 Å². The van der Waals surface area contributed by atoms with Crippen molar-refractivity contribution < 1.29 is 0 Å². The Labute approximate surface area is 326 Å². The maximum Gasteiger partial charge on any atom is 0.0541 e. The minimum absolute atomic E-state index is 0.271. The molecule has 0 amide bonds. The summed E-state index contributed by atoms with van der Waals surface area (Å²) in [6.07, 6.45) is 9.11. The van der Waals surface area contributed by atoms with Crippen molar-refractivity contribution in [1.82, 2.24) is 4.57 Å². The molecule has 8 aromatic rings. The van der Waals surface area contributed by atoms with Gasteiger partial charge in [-0.15, -0.1) is 0 Å². The first kappa shape index (κ1) is 35.8. The fourth-order valence-electron chi connectivity index (χ4n) is 8.50. The molecule has 0 radical (unpaired) electrons. The highest BCUT2D eigenvalue weighted by atomic mass is 15.0. The van der Waals surface area contributed by atoms with Gasteiger partial charge in [-0.3, -0.25) is 0 Å². The molecule has 55 heavy (non-hydrogen) atoms. The molecule has 2 unspecified atom stereocenters. The molecule has 1 aromatic heterocycles. The van der Waals surface area contributed by atoms with Crippen LogP contribution in [0.5, 0.6) is 0 Å². The number of aromatic nitrogens is 1. The maximum absolute atomic E-state index is 2.38. The zero-order chi connectivity index (χ0) is 37.9. The fourth-order valence-corrected chi connectivity index (χ4v) is 8.50. The predicted octanol–water partition coefficient (Wildman–Crippen LogP) is 14.5. The molecule has 10 rings (SSSR count).